The zero-order valence-electron chi connectivity index (χ0n) is 10.5. The van der Waals surface area contributed by atoms with Crippen molar-refractivity contribution in [2.24, 2.45) is 5.41 Å². The third-order valence-electron chi connectivity index (χ3n) is 4.55. The van der Waals surface area contributed by atoms with Gasteiger partial charge in [0.2, 0.25) is 0 Å². The highest BCUT2D eigenvalue weighted by Crippen LogP contribution is 2.58. The number of hydrogen-bond acceptors (Lipinski definition) is 3. The summed E-state index contributed by atoms with van der Waals surface area (Å²) in [4.78, 5) is 11.1. The molecule has 0 amide bonds. The van der Waals surface area contributed by atoms with Gasteiger partial charge in [0.15, 0.2) is 5.75 Å². The average molecular weight is 326 g/mol. The maximum atomic E-state index is 11.0. The van der Waals surface area contributed by atoms with Crippen molar-refractivity contribution < 1.29 is 9.66 Å². The number of nitro groups is 1. The molecule has 0 aromatic heterocycles. The zero-order chi connectivity index (χ0) is 13.5. The molecule has 2 fully saturated rings. The topological polar surface area (TPSA) is 52.4 Å². The van der Waals surface area contributed by atoms with Gasteiger partial charge in [-0.25, -0.2) is 0 Å². The fourth-order valence-corrected chi connectivity index (χ4v) is 4.49. The quantitative estimate of drug-likeness (QED) is 0.478. The molecule has 1 aromatic rings. The van der Waals surface area contributed by atoms with Crippen LogP contribution in [-0.4, -0.2) is 15.9 Å². The molecule has 0 bridgehead atoms. The third-order valence-corrected chi connectivity index (χ3v) is 5.84. The highest BCUT2D eigenvalue weighted by atomic mass is 79.9. The zero-order valence-corrected chi connectivity index (χ0v) is 12.1. The van der Waals surface area contributed by atoms with Gasteiger partial charge in [0.1, 0.15) is 6.10 Å². The van der Waals surface area contributed by atoms with Gasteiger partial charge in [-0.05, 0) is 25.3 Å². The minimum absolute atomic E-state index is 0.0636. The van der Waals surface area contributed by atoms with Crippen LogP contribution in [-0.2, 0) is 0 Å². The van der Waals surface area contributed by atoms with Gasteiger partial charge in [-0.15, -0.1) is 0 Å². The summed E-state index contributed by atoms with van der Waals surface area (Å²) in [5.41, 5.74) is 0.262. The van der Waals surface area contributed by atoms with E-state index >= 15 is 0 Å². The second-order valence-electron chi connectivity index (χ2n) is 5.47. The molecule has 2 atom stereocenters. The molecule has 5 heteroatoms. The lowest BCUT2D eigenvalue weighted by atomic mass is 9.64. The van der Waals surface area contributed by atoms with Crippen molar-refractivity contribution >= 4 is 21.6 Å². The summed E-state index contributed by atoms with van der Waals surface area (Å²) in [7, 11) is 0. The second-order valence-corrected chi connectivity index (χ2v) is 6.58. The monoisotopic (exact) mass is 325 g/mol. The number of benzene rings is 1. The minimum Gasteiger partial charge on any atom is -0.483 e. The van der Waals surface area contributed by atoms with Crippen molar-refractivity contribution in [2.45, 2.75) is 43.0 Å². The Morgan fingerprint density at radius 2 is 2.00 bits per heavy atom. The smallest absolute Gasteiger partial charge is 0.310 e. The summed E-state index contributed by atoms with van der Waals surface area (Å²) in [5.74, 6) is 0.406. The van der Waals surface area contributed by atoms with Gasteiger partial charge in [0.05, 0.1) is 4.92 Å². The Hall–Kier alpha value is -1.10. The number of nitrogens with zero attached hydrogens (tertiary/aromatic N) is 1. The second kappa shape index (κ2) is 4.78. The first-order valence-electron chi connectivity index (χ1n) is 6.68. The molecule has 2 aliphatic carbocycles. The lowest BCUT2D eigenvalue weighted by molar-refractivity contribution is -0.386. The molecular weight excluding hydrogens is 310 g/mol. The Bertz CT molecular complexity index is 499. The number of alkyl halides is 1. The van der Waals surface area contributed by atoms with E-state index in [-0.39, 0.29) is 22.1 Å². The Balaban J connectivity index is 1.81. The van der Waals surface area contributed by atoms with Crippen LogP contribution in [0.1, 0.15) is 32.1 Å². The number of hydrogen-bond donors (Lipinski definition) is 0. The summed E-state index contributed by atoms with van der Waals surface area (Å²) in [6, 6.07) is 6.65. The standard InChI is InChI=1S/C14H16BrNO3/c15-12-9-13(14(12)7-3-4-8-14)19-11-6-2-1-5-10(11)16(17)18/h1-2,5-6,12-13H,3-4,7-9H2. The van der Waals surface area contributed by atoms with Gasteiger partial charge in [-0.2, -0.15) is 0 Å². The Kier molecular flexibility index (Phi) is 3.25. The molecule has 2 saturated carbocycles. The molecule has 0 saturated heterocycles. The van der Waals surface area contributed by atoms with Crippen LogP contribution in [0.4, 0.5) is 5.69 Å². The van der Waals surface area contributed by atoms with Crippen molar-refractivity contribution in [3.63, 3.8) is 0 Å². The summed E-state index contributed by atoms with van der Waals surface area (Å²) >= 11 is 3.73. The predicted octanol–water partition coefficient (Wildman–Crippen LogP) is 4.07. The maximum absolute atomic E-state index is 11.0. The van der Waals surface area contributed by atoms with Gasteiger partial charge in [0.25, 0.3) is 0 Å². The van der Waals surface area contributed by atoms with Gasteiger partial charge >= 0.3 is 5.69 Å². The van der Waals surface area contributed by atoms with E-state index in [1.165, 1.54) is 18.9 Å². The van der Waals surface area contributed by atoms with Gasteiger partial charge < -0.3 is 4.74 Å². The van der Waals surface area contributed by atoms with Gasteiger partial charge in [-0.3, -0.25) is 10.1 Å². The number of para-hydroxylation sites is 2. The van der Waals surface area contributed by atoms with Crippen LogP contribution in [0.15, 0.2) is 24.3 Å². The summed E-state index contributed by atoms with van der Waals surface area (Å²) in [5, 5.41) is 11.0. The van der Waals surface area contributed by atoms with E-state index in [0.29, 0.717) is 10.6 Å². The molecule has 1 spiro atoms. The average Bonchev–Trinajstić information content (AvgIpc) is 2.91. The van der Waals surface area contributed by atoms with E-state index < -0.39 is 0 Å². The normalized spacial score (nSPS) is 28.1. The molecule has 1 aromatic carbocycles. The minimum atomic E-state index is -0.374. The van der Waals surface area contributed by atoms with Crippen LogP contribution < -0.4 is 4.74 Å². The molecule has 0 aliphatic heterocycles. The van der Waals surface area contributed by atoms with Crippen LogP contribution in [0.2, 0.25) is 0 Å². The van der Waals surface area contributed by atoms with E-state index in [4.69, 9.17) is 4.74 Å². The molecule has 102 valence electrons. The molecular formula is C14H16BrNO3. The van der Waals surface area contributed by atoms with Crippen LogP contribution in [0.25, 0.3) is 0 Å². The van der Waals surface area contributed by atoms with Crippen molar-refractivity contribution in [1.82, 2.24) is 0 Å². The van der Waals surface area contributed by atoms with E-state index in [0.717, 1.165) is 19.3 Å². The molecule has 0 heterocycles. The molecule has 4 nitrogen and oxygen atoms in total. The van der Waals surface area contributed by atoms with Crippen LogP contribution >= 0.6 is 15.9 Å². The van der Waals surface area contributed by atoms with Crippen molar-refractivity contribution in [2.75, 3.05) is 0 Å². The maximum Gasteiger partial charge on any atom is 0.310 e. The Morgan fingerprint density at radius 1 is 1.32 bits per heavy atom. The summed E-state index contributed by atoms with van der Waals surface area (Å²) in [6.07, 6.45) is 5.84. The van der Waals surface area contributed by atoms with E-state index in [9.17, 15) is 10.1 Å². The number of nitro benzene ring substituents is 1. The Labute approximate surface area is 120 Å². The number of halogens is 1. The lowest BCUT2D eigenvalue weighted by Gasteiger charge is -2.51. The highest BCUT2D eigenvalue weighted by molar-refractivity contribution is 9.09. The van der Waals surface area contributed by atoms with Crippen molar-refractivity contribution in [1.29, 1.82) is 0 Å². The van der Waals surface area contributed by atoms with Gasteiger partial charge in [0, 0.05) is 16.3 Å². The molecule has 2 aliphatic rings. The number of rotatable bonds is 3. The lowest BCUT2D eigenvalue weighted by Crippen LogP contribution is -2.55. The molecule has 0 radical (unpaired) electrons. The Morgan fingerprint density at radius 3 is 2.63 bits per heavy atom. The van der Waals surface area contributed by atoms with Gasteiger partial charge in [-0.1, -0.05) is 40.9 Å². The van der Waals surface area contributed by atoms with E-state index in [1.807, 2.05) is 0 Å². The molecule has 19 heavy (non-hydrogen) atoms. The molecule has 2 unspecified atom stereocenters. The summed E-state index contributed by atoms with van der Waals surface area (Å²) < 4.78 is 5.98. The fraction of sp³-hybridized carbons (Fsp3) is 0.571. The molecule has 0 N–H and O–H groups in total. The number of ether oxygens (including phenoxy) is 1. The molecule has 3 rings (SSSR count). The van der Waals surface area contributed by atoms with E-state index in [1.54, 1.807) is 18.2 Å². The van der Waals surface area contributed by atoms with E-state index in [2.05, 4.69) is 15.9 Å². The van der Waals surface area contributed by atoms with Crippen LogP contribution in [0.3, 0.4) is 0 Å². The first-order valence-corrected chi connectivity index (χ1v) is 7.59. The fourth-order valence-electron chi connectivity index (χ4n) is 3.39. The highest BCUT2D eigenvalue weighted by Gasteiger charge is 2.56. The largest absolute Gasteiger partial charge is 0.483 e. The summed E-state index contributed by atoms with van der Waals surface area (Å²) in [6.45, 7) is 0. The van der Waals surface area contributed by atoms with Crippen molar-refractivity contribution in [3.8, 4) is 5.75 Å². The first-order chi connectivity index (χ1) is 9.13. The third kappa shape index (κ3) is 2.04. The van der Waals surface area contributed by atoms with Crippen molar-refractivity contribution in [3.05, 3.63) is 34.4 Å². The first kappa shape index (κ1) is 12.9. The van der Waals surface area contributed by atoms with Crippen LogP contribution in [0, 0.1) is 15.5 Å². The predicted molar refractivity (Wildman–Crippen MR) is 75.7 cm³/mol. The SMILES string of the molecule is O=[N+]([O-])c1ccccc1OC1CC(Br)C12CCCC2. The van der Waals surface area contributed by atoms with Crippen LogP contribution in [0.5, 0.6) is 5.75 Å².